The second-order valence-electron chi connectivity index (χ2n) is 5.94. The van der Waals surface area contributed by atoms with Crippen LogP contribution in [0.25, 0.3) is 0 Å². The standard InChI is InChI=1S/C17H21N5O6/c1-4-28-15(23)5-6-18-16(24)13-7-11(9-20(13)2)19-17(25)14-8-12(22(26)27)10-21(14)3/h7-10H,4-6H2,1-3H3,(H,18,24)(H,19,25). The smallest absolute Gasteiger partial charge is 0.307 e. The summed E-state index contributed by atoms with van der Waals surface area (Å²) in [6.45, 7) is 2.10. The molecule has 0 saturated carbocycles. The van der Waals surface area contributed by atoms with Gasteiger partial charge in [0.2, 0.25) is 0 Å². The molecule has 150 valence electrons. The summed E-state index contributed by atoms with van der Waals surface area (Å²) in [5.41, 5.74) is 0.544. The Morgan fingerprint density at radius 3 is 2.36 bits per heavy atom. The van der Waals surface area contributed by atoms with Gasteiger partial charge in [0.05, 0.1) is 29.8 Å². The molecule has 11 nitrogen and oxygen atoms in total. The summed E-state index contributed by atoms with van der Waals surface area (Å²) in [4.78, 5) is 46.1. The molecule has 28 heavy (non-hydrogen) atoms. The Morgan fingerprint density at radius 2 is 1.75 bits per heavy atom. The molecule has 0 bridgehead atoms. The van der Waals surface area contributed by atoms with E-state index in [4.69, 9.17) is 4.74 Å². The lowest BCUT2D eigenvalue weighted by molar-refractivity contribution is -0.384. The molecule has 0 fully saturated rings. The number of ether oxygens (including phenoxy) is 1. The van der Waals surface area contributed by atoms with Gasteiger partial charge in [0.1, 0.15) is 11.4 Å². The molecule has 2 heterocycles. The number of amides is 2. The molecule has 2 rings (SSSR count). The first kappa shape index (κ1) is 20.7. The highest BCUT2D eigenvalue weighted by atomic mass is 16.6. The molecule has 0 unspecified atom stereocenters. The van der Waals surface area contributed by atoms with E-state index < -0.39 is 22.7 Å². The van der Waals surface area contributed by atoms with Gasteiger partial charge in [0, 0.05) is 32.9 Å². The Balaban J connectivity index is 2.01. The fourth-order valence-electron chi connectivity index (χ4n) is 2.53. The molecule has 0 spiro atoms. The second-order valence-corrected chi connectivity index (χ2v) is 5.94. The lowest BCUT2D eigenvalue weighted by Crippen LogP contribution is -2.28. The summed E-state index contributed by atoms with van der Waals surface area (Å²) in [6, 6.07) is 2.64. The van der Waals surface area contributed by atoms with Crippen molar-refractivity contribution in [3.63, 3.8) is 0 Å². The van der Waals surface area contributed by atoms with E-state index in [1.165, 1.54) is 40.7 Å². The number of aryl methyl sites for hydroxylation is 2. The Bertz CT molecular complexity index is 913. The molecule has 2 N–H and O–H groups in total. The quantitative estimate of drug-likeness (QED) is 0.394. The van der Waals surface area contributed by atoms with Crippen molar-refractivity contribution in [1.29, 1.82) is 0 Å². The minimum atomic E-state index is -0.585. The normalized spacial score (nSPS) is 10.4. The zero-order chi connectivity index (χ0) is 20.8. The lowest BCUT2D eigenvalue weighted by Gasteiger charge is -2.05. The lowest BCUT2D eigenvalue weighted by atomic mass is 10.3. The van der Waals surface area contributed by atoms with Crippen molar-refractivity contribution in [1.82, 2.24) is 14.5 Å². The Morgan fingerprint density at radius 1 is 1.11 bits per heavy atom. The number of carbonyl (C=O) groups excluding carboxylic acids is 3. The minimum Gasteiger partial charge on any atom is -0.466 e. The van der Waals surface area contributed by atoms with Crippen molar-refractivity contribution >= 4 is 29.2 Å². The van der Waals surface area contributed by atoms with Gasteiger partial charge >= 0.3 is 5.97 Å². The number of nitrogens with one attached hydrogen (secondary N) is 2. The van der Waals surface area contributed by atoms with Crippen LogP contribution in [0.15, 0.2) is 24.5 Å². The molecule has 0 atom stereocenters. The number of anilines is 1. The van der Waals surface area contributed by atoms with Gasteiger partial charge in [-0.1, -0.05) is 0 Å². The molecule has 2 aromatic heterocycles. The Hall–Kier alpha value is -3.63. The molecular weight excluding hydrogens is 370 g/mol. The number of carbonyl (C=O) groups is 3. The molecule has 11 heteroatoms. The summed E-state index contributed by atoms with van der Waals surface area (Å²) in [6.07, 6.45) is 2.83. The number of aromatic nitrogens is 2. The van der Waals surface area contributed by atoms with E-state index in [2.05, 4.69) is 10.6 Å². The summed E-state index contributed by atoms with van der Waals surface area (Å²) >= 11 is 0. The highest BCUT2D eigenvalue weighted by molar-refractivity contribution is 6.04. The van der Waals surface area contributed by atoms with E-state index >= 15 is 0 Å². The summed E-state index contributed by atoms with van der Waals surface area (Å²) in [5.74, 6) is -1.36. The van der Waals surface area contributed by atoms with Gasteiger partial charge in [-0.05, 0) is 13.0 Å². The van der Waals surface area contributed by atoms with Crippen LogP contribution < -0.4 is 10.6 Å². The topological polar surface area (TPSA) is 138 Å². The minimum absolute atomic E-state index is 0.0554. The number of esters is 1. The summed E-state index contributed by atoms with van der Waals surface area (Å²) < 4.78 is 7.65. The Labute approximate surface area is 160 Å². The van der Waals surface area contributed by atoms with E-state index in [1.54, 1.807) is 14.0 Å². The largest absolute Gasteiger partial charge is 0.466 e. The molecule has 2 amide bonds. The zero-order valence-corrected chi connectivity index (χ0v) is 15.7. The maximum atomic E-state index is 12.4. The fraction of sp³-hybridized carbons (Fsp3) is 0.353. The summed E-state index contributed by atoms with van der Waals surface area (Å²) in [7, 11) is 3.15. The average molecular weight is 391 g/mol. The fourth-order valence-corrected chi connectivity index (χ4v) is 2.53. The van der Waals surface area contributed by atoms with Gasteiger partial charge in [-0.25, -0.2) is 0 Å². The number of nitrogens with zero attached hydrogens (tertiary/aromatic N) is 3. The maximum absolute atomic E-state index is 12.4. The van der Waals surface area contributed by atoms with Gasteiger partial charge in [-0.2, -0.15) is 0 Å². The van der Waals surface area contributed by atoms with Crippen molar-refractivity contribution in [2.45, 2.75) is 13.3 Å². The molecule has 0 aliphatic carbocycles. The molecule has 2 aromatic rings. The molecule has 0 saturated heterocycles. The molecule has 0 aliphatic rings. The van der Waals surface area contributed by atoms with E-state index in [0.717, 1.165) is 0 Å². The van der Waals surface area contributed by atoms with E-state index in [-0.39, 0.29) is 36.6 Å². The first-order valence-electron chi connectivity index (χ1n) is 8.45. The molecule has 0 aromatic carbocycles. The maximum Gasteiger partial charge on any atom is 0.307 e. The molecular formula is C17H21N5O6. The number of nitro groups is 1. The highest BCUT2D eigenvalue weighted by Crippen LogP contribution is 2.18. The zero-order valence-electron chi connectivity index (χ0n) is 15.7. The van der Waals surface area contributed by atoms with Crippen LogP contribution in [0.5, 0.6) is 0 Å². The van der Waals surface area contributed by atoms with Gasteiger partial charge in [-0.15, -0.1) is 0 Å². The Kier molecular flexibility index (Phi) is 6.53. The first-order valence-corrected chi connectivity index (χ1v) is 8.45. The van der Waals surface area contributed by atoms with Crippen LogP contribution in [0.4, 0.5) is 11.4 Å². The summed E-state index contributed by atoms with van der Waals surface area (Å²) in [5, 5.41) is 16.0. The van der Waals surface area contributed by atoms with Crippen LogP contribution in [0.1, 0.15) is 34.3 Å². The van der Waals surface area contributed by atoms with Crippen LogP contribution in [-0.4, -0.2) is 45.0 Å². The van der Waals surface area contributed by atoms with Crippen molar-refractivity contribution in [2.24, 2.45) is 14.1 Å². The predicted octanol–water partition coefficient (Wildman–Crippen LogP) is 1.21. The highest BCUT2D eigenvalue weighted by Gasteiger charge is 2.19. The molecule has 0 aliphatic heterocycles. The van der Waals surface area contributed by atoms with Crippen LogP contribution in [-0.2, 0) is 23.6 Å². The van der Waals surface area contributed by atoms with E-state index in [9.17, 15) is 24.5 Å². The van der Waals surface area contributed by atoms with Crippen molar-refractivity contribution in [3.8, 4) is 0 Å². The van der Waals surface area contributed by atoms with Crippen molar-refractivity contribution in [3.05, 3.63) is 46.0 Å². The third-order valence-electron chi connectivity index (χ3n) is 3.85. The van der Waals surface area contributed by atoms with Crippen LogP contribution in [0.3, 0.4) is 0 Å². The predicted molar refractivity (Wildman–Crippen MR) is 99.0 cm³/mol. The number of hydrogen-bond donors (Lipinski definition) is 2. The van der Waals surface area contributed by atoms with Crippen LogP contribution in [0.2, 0.25) is 0 Å². The van der Waals surface area contributed by atoms with Crippen molar-refractivity contribution < 1.29 is 24.0 Å². The van der Waals surface area contributed by atoms with Gasteiger partial charge in [0.25, 0.3) is 17.5 Å². The first-order chi connectivity index (χ1) is 13.2. The molecule has 0 radical (unpaired) electrons. The number of hydrogen-bond acceptors (Lipinski definition) is 6. The van der Waals surface area contributed by atoms with E-state index in [0.29, 0.717) is 5.69 Å². The SMILES string of the molecule is CCOC(=O)CCNC(=O)c1cc(NC(=O)c2cc([N+](=O)[O-])cn2C)cn1C. The van der Waals surface area contributed by atoms with Crippen LogP contribution >= 0.6 is 0 Å². The van der Waals surface area contributed by atoms with Crippen LogP contribution in [0, 0.1) is 10.1 Å². The van der Waals surface area contributed by atoms with Crippen molar-refractivity contribution in [2.75, 3.05) is 18.5 Å². The number of rotatable bonds is 8. The second kappa shape index (κ2) is 8.84. The van der Waals surface area contributed by atoms with Gasteiger partial charge < -0.3 is 24.5 Å². The van der Waals surface area contributed by atoms with E-state index in [1.807, 2.05) is 0 Å². The monoisotopic (exact) mass is 391 g/mol. The third kappa shape index (κ3) is 4.96. The third-order valence-corrected chi connectivity index (χ3v) is 3.85. The average Bonchev–Trinajstić information content (AvgIpc) is 3.18. The van der Waals surface area contributed by atoms with Gasteiger partial charge in [-0.3, -0.25) is 24.5 Å². The van der Waals surface area contributed by atoms with Gasteiger partial charge in [0.15, 0.2) is 0 Å².